The molecule has 1 heterocycles. The number of hydrogen-bond donors (Lipinski definition) is 1. The molecule has 1 amide bonds. The average molecular weight is 348 g/mol. The van der Waals surface area contributed by atoms with Crippen molar-refractivity contribution < 1.29 is 23.5 Å². The molecule has 0 aliphatic rings. The fourth-order valence-corrected chi connectivity index (χ4v) is 2.34. The van der Waals surface area contributed by atoms with E-state index in [4.69, 9.17) is 18.7 Å². The van der Waals surface area contributed by atoms with E-state index in [0.717, 1.165) is 6.42 Å². The Morgan fingerprint density at radius 2 is 1.84 bits per heavy atom. The summed E-state index contributed by atoms with van der Waals surface area (Å²) in [5.41, 5.74) is 1.57. The number of rotatable bonds is 9. The fourth-order valence-electron chi connectivity index (χ4n) is 2.34. The van der Waals surface area contributed by atoms with Crippen LogP contribution in [0.1, 0.15) is 29.4 Å². The topological polar surface area (TPSA) is 82.8 Å². The Hall–Kier alpha value is -2.54. The van der Waals surface area contributed by atoms with Gasteiger partial charge in [-0.2, -0.15) is 0 Å². The third-order valence-electron chi connectivity index (χ3n) is 3.58. The maximum atomic E-state index is 12.5. The van der Waals surface area contributed by atoms with Gasteiger partial charge in [0.2, 0.25) is 0 Å². The molecule has 25 heavy (non-hydrogen) atoms. The lowest BCUT2D eigenvalue weighted by molar-refractivity contribution is 0.0915. The SMILES string of the molecule is CCCOCCNC(=O)c1c(C)noc1-c1cc(OC)cc(OC)c1. The molecule has 2 aromatic rings. The summed E-state index contributed by atoms with van der Waals surface area (Å²) in [7, 11) is 3.13. The highest BCUT2D eigenvalue weighted by Crippen LogP contribution is 2.32. The van der Waals surface area contributed by atoms with Gasteiger partial charge in [0.15, 0.2) is 5.76 Å². The van der Waals surface area contributed by atoms with E-state index < -0.39 is 0 Å². The molecule has 1 aromatic carbocycles. The van der Waals surface area contributed by atoms with E-state index in [9.17, 15) is 4.79 Å². The Bertz CT molecular complexity index is 689. The summed E-state index contributed by atoms with van der Waals surface area (Å²) in [4.78, 5) is 12.5. The van der Waals surface area contributed by atoms with E-state index >= 15 is 0 Å². The second-order valence-electron chi connectivity index (χ2n) is 5.44. The van der Waals surface area contributed by atoms with E-state index in [-0.39, 0.29) is 5.91 Å². The van der Waals surface area contributed by atoms with Gasteiger partial charge in [-0.25, -0.2) is 0 Å². The largest absolute Gasteiger partial charge is 0.497 e. The van der Waals surface area contributed by atoms with Crippen LogP contribution in [0.2, 0.25) is 0 Å². The second-order valence-corrected chi connectivity index (χ2v) is 5.44. The van der Waals surface area contributed by atoms with Crippen molar-refractivity contribution in [1.82, 2.24) is 10.5 Å². The highest BCUT2D eigenvalue weighted by Gasteiger charge is 2.22. The lowest BCUT2D eigenvalue weighted by Crippen LogP contribution is -2.28. The molecule has 1 aromatic heterocycles. The Balaban J connectivity index is 2.22. The molecule has 0 aliphatic heterocycles. The van der Waals surface area contributed by atoms with Gasteiger partial charge in [0.05, 0.1) is 26.5 Å². The van der Waals surface area contributed by atoms with Crippen LogP contribution in [0, 0.1) is 6.92 Å². The number of methoxy groups -OCH3 is 2. The quantitative estimate of drug-likeness (QED) is 0.702. The number of ether oxygens (including phenoxy) is 3. The monoisotopic (exact) mass is 348 g/mol. The number of amides is 1. The zero-order chi connectivity index (χ0) is 18.2. The predicted molar refractivity (Wildman–Crippen MR) is 93.2 cm³/mol. The normalized spacial score (nSPS) is 10.6. The maximum absolute atomic E-state index is 12.5. The molecule has 1 N–H and O–H groups in total. The molecule has 0 aliphatic carbocycles. The van der Waals surface area contributed by atoms with Crippen LogP contribution in [0.5, 0.6) is 11.5 Å². The van der Waals surface area contributed by atoms with Gasteiger partial charge in [-0.15, -0.1) is 0 Å². The molecule has 2 rings (SSSR count). The Morgan fingerprint density at radius 3 is 2.44 bits per heavy atom. The summed E-state index contributed by atoms with van der Waals surface area (Å²) in [6, 6.07) is 5.28. The van der Waals surface area contributed by atoms with Crippen molar-refractivity contribution in [1.29, 1.82) is 0 Å². The Kier molecular flexibility index (Phi) is 6.82. The summed E-state index contributed by atoms with van der Waals surface area (Å²) in [6.07, 6.45) is 0.945. The van der Waals surface area contributed by atoms with Gasteiger partial charge in [0.25, 0.3) is 5.91 Å². The van der Waals surface area contributed by atoms with Crippen LogP contribution in [0.4, 0.5) is 0 Å². The minimum absolute atomic E-state index is 0.254. The number of benzene rings is 1. The predicted octanol–water partition coefficient (Wildman–Crippen LogP) is 2.82. The summed E-state index contributed by atoms with van der Waals surface area (Å²) in [5, 5.41) is 6.76. The van der Waals surface area contributed by atoms with Crippen molar-refractivity contribution >= 4 is 5.91 Å². The summed E-state index contributed by atoms with van der Waals surface area (Å²) >= 11 is 0. The zero-order valence-electron chi connectivity index (χ0n) is 15.0. The summed E-state index contributed by atoms with van der Waals surface area (Å²) in [6.45, 7) is 5.33. The van der Waals surface area contributed by atoms with E-state index in [0.29, 0.717) is 53.8 Å². The fraction of sp³-hybridized carbons (Fsp3) is 0.444. The van der Waals surface area contributed by atoms with Crippen molar-refractivity contribution in [3.63, 3.8) is 0 Å². The maximum Gasteiger partial charge on any atom is 0.257 e. The molecule has 0 saturated heterocycles. The first-order chi connectivity index (χ1) is 12.1. The van der Waals surface area contributed by atoms with Crippen LogP contribution >= 0.6 is 0 Å². The molecule has 0 saturated carbocycles. The molecular weight excluding hydrogens is 324 g/mol. The molecule has 0 atom stereocenters. The van der Waals surface area contributed by atoms with Crippen LogP contribution in [0.15, 0.2) is 22.7 Å². The smallest absolute Gasteiger partial charge is 0.257 e. The standard InChI is InChI=1S/C18H24N2O5/c1-5-7-24-8-6-19-18(21)16-12(2)20-25-17(16)13-9-14(22-3)11-15(10-13)23-4/h9-11H,5-8H2,1-4H3,(H,19,21). The van der Waals surface area contributed by atoms with Crippen molar-refractivity contribution in [2.24, 2.45) is 0 Å². The first-order valence-electron chi connectivity index (χ1n) is 8.16. The first kappa shape index (κ1) is 18.8. The van der Waals surface area contributed by atoms with Crippen molar-refractivity contribution in [3.05, 3.63) is 29.5 Å². The van der Waals surface area contributed by atoms with E-state index in [1.54, 1.807) is 39.3 Å². The molecule has 0 bridgehead atoms. The van der Waals surface area contributed by atoms with E-state index in [1.807, 2.05) is 6.92 Å². The summed E-state index contributed by atoms with van der Waals surface area (Å²) in [5.74, 6) is 1.32. The molecule has 0 radical (unpaired) electrons. The molecule has 136 valence electrons. The van der Waals surface area contributed by atoms with Crippen LogP contribution < -0.4 is 14.8 Å². The van der Waals surface area contributed by atoms with Gasteiger partial charge in [-0.3, -0.25) is 4.79 Å². The third kappa shape index (κ3) is 4.73. The van der Waals surface area contributed by atoms with Gasteiger partial charge in [-0.05, 0) is 25.5 Å². The minimum Gasteiger partial charge on any atom is -0.497 e. The van der Waals surface area contributed by atoms with Crippen LogP contribution in [-0.2, 0) is 4.74 Å². The molecule has 0 unspecified atom stereocenters. The Labute approximate surface area is 147 Å². The number of carbonyl (C=O) groups is 1. The molecule has 7 nitrogen and oxygen atoms in total. The molecule has 0 spiro atoms. The number of aromatic nitrogens is 1. The minimum atomic E-state index is -0.254. The van der Waals surface area contributed by atoms with E-state index in [2.05, 4.69) is 10.5 Å². The number of aryl methyl sites for hydroxylation is 1. The van der Waals surface area contributed by atoms with Crippen LogP contribution in [0.25, 0.3) is 11.3 Å². The number of nitrogens with one attached hydrogen (secondary N) is 1. The second kappa shape index (κ2) is 9.08. The Morgan fingerprint density at radius 1 is 1.16 bits per heavy atom. The highest BCUT2D eigenvalue weighted by atomic mass is 16.5. The van der Waals surface area contributed by atoms with Crippen LogP contribution in [-0.4, -0.2) is 45.0 Å². The first-order valence-corrected chi connectivity index (χ1v) is 8.16. The third-order valence-corrected chi connectivity index (χ3v) is 3.58. The van der Waals surface area contributed by atoms with Gasteiger partial charge in [-0.1, -0.05) is 12.1 Å². The number of carbonyl (C=O) groups excluding carboxylic acids is 1. The lowest BCUT2D eigenvalue weighted by Gasteiger charge is -2.09. The summed E-state index contributed by atoms with van der Waals surface area (Å²) < 4.78 is 21.3. The molecular formula is C18H24N2O5. The highest BCUT2D eigenvalue weighted by molar-refractivity contribution is 6.00. The van der Waals surface area contributed by atoms with Crippen LogP contribution in [0.3, 0.4) is 0 Å². The molecule has 7 heteroatoms. The van der Waals surface area contributed by atoms with Crippen molar-refractivity contribution in [2.45, 2.75) is 20.3 Å². The van der Waals surface area contributed by atoms with Gasteiger partial charge in [0, 0.05) is 24.8 Å². The van der Waals surface area contributed by atoms with Crippen molar-refractivity contribution in [3.8, 4) is 22.8 Å². The van der Waals surface area contributed by atoms with Gasteiger partial charge < -0.3 is 24.1 Å². The van der Waals surface area contributed by atoms with E-state index in [1.165, 1.54) is 0 Å². The number of hydrogen-bond acceptors (Lipinski definition) is 6. The molecule has 0 fully saturated rings. The van der Waals surface area contributed by atoms with Gasteiger partial charge in [0.1, 0.15) is 17.1 Å². The average Bonchev–Trinajstić information content (AvgIpc) is 3.02. The zero-order valence-corrected chi connectivity index (χ0v) is 15.0. The van der Waals surface area contributed by atoms with Crippen molar-refractivity contribution in [2.75, 3.05) is 34.0 Å². The lowest BCUT2D eigenvalue weighted by atomic mass is 10.1. The van der Waals surface area contributed by atoms with Gasteiger partial charge >= 0.3 is 0 Å². The number of nitrogens with zero attached hydrogens (tertiary/aromatic N) is 1.